The summed E-state index contributed by atoms with van der Waals surface area (Å²) < 4.78 is 5.47. The van der Waals surface area contributed by atoms with E-state index in [-0.39, 0.29) is 18.5 Å². The van der Waals surface area contributed by atoms with Gasteiger partial charge in [0.2, 0.25) is 5.91 Å². The molecule has 0 spiro atoms. The highest BCUT2D eigenvalue weighted by Gasteiger charge is 2.20. The molecule has 3 N–H and O–H groups in total. The van der Waals surface area contributed by atoms with Gasteiger partial charge in [0.05, 0.1) is 25.4 Å². The first-order valence-electron chi connectivity index (χ1n) is 28.8. The van der Waals surface area contributed by atoms with E-state index in [1.807, 2.05) is 0 Å². The van der Waals surface area contributed by atoms with Crippen molar-refractivity contribution in [1.82, 2.24) is 5.32 Å². The number of hydrogen-bond acceptors (Lipinski definition) is 5. The number of hydrogen-bond donors (Lipinski definition) is 3. The SMILES string of the molecule is CCCCCCCCCCCCCC(=O)OCCCCCCCCCCCCCCCCCCCCCCCCCCCC(=O)NC(CO)C(O)CCCCCCCCCCCC. The molecule has 0 aromatic carbocycles. The van der Waals surface area contributed by atoms with Gasteiger partial charge in [-0.25, -0.2) is 0 Å². The predicted molar refractivity (Wildman–Crippen MR) is 274 cm³/mol. The Bertz CT molecular complexity index is 898. The summed E-state index contributed by atoms with van der Waals surface area (Å²) in [6.07, 6.45) is 61.1. The predicted octanol–water partition coefficient (Wildman–Crippen LogP) is 17.5. The highest BCUT2D eigenvalue weighted by Crippen LogP contribution is 2.18. The van der Waals surface area contributed by atoms with E-state index in [1.165, 1.54) is 257 Å². The fourth-order valence-corrected chi connectivity index (χ4v) is 9.23. The Morgan fingerprint density at radius 2 is 0.651 bits per heavy atom. The number of carbonyl (C=O) groups is 2. The Hall–Kier alpha value is -1.14. The van der Waals surface area contributed by atoms with Crippen LogP contribution in [0.4, 0.5) is 0 Å². The average molecular weight is 893 g/mol. The number of unbranched alkanes of at least 4 members (excludes halogenated alkanes) is 43. The lowest BCUT2D eigenvalue weighted by molar-refractivity contribution is -0.143. The Labute approximate surface area is 394 Å². The van der Waals surface area contributed by atoms with Gasteiger partial charge in [-0.3, -0.25) is 9.59 Å². The highest BCUT2D eigenvalue weighted by molar-refractivity contribution is 5.76. The van der Waals surface area contributed by atoms with Crippen molar-refractivity contribution in [1.29, 1.82) is 0 Å². The van der Waals surface area contributed by atoms with Crippen LogP contribution in [0.2, 0.25) is 0 Å². The molecule has 0 fully saturated rings. The summed E-state index contributed by atoms with van der Waals surface area (Å²) in [6.45, 7) is 4.95. The second-order valence-electron chi connectivity index (χ2n) is 20.0. The molecule has 1 amide bonds. The van der Waals surface area contributed by atoms with Crippen LogP contribution in [-0.4, -0.2) is 47.4 Å². The van der Waals surface area contributed by atoms with Crippen LogP contribution in [-0.2, 0) is 14.3 Å². The number of rotatable bonds is 54. The summed E-state index contributed by atoms with van der Waals surface area (Å²) >= 11 is 0. The smallest absolute Gasteiger partial charge is 0.305 e. The molecule has 0 aliphatic carbocycles. The van der Waals surface area contributed by atoms with Crippen molar-refractivity contribution in [3.05, 3.63) is 0 Å². The molecule has 2 unspecified atom stereocenters. The van der Waals surface area contributed by atoms with Gasteiger partial charge >= 0.3 is 5.97 Å². The maximum absolute atomic E-state index is 12.4. The van der Waals surface area contributed by atoms with Crippen molar-refractivity contribution in [2.24, 2.45) is 0 Å². The Morgan fingerprint density at radius 1 is 0.381 bits per heavy atom. The maximum Gasteiger partial charge on any atom is 0.305 e. The van der Waals surface area contributed by atoms with E-state index >= 15 is 0 Å². The van der Waals surface area contributed by atoms with Crippen LogP contribution in [0.5, 0.6) is 0 Å². The lowest BCUT2D eigenvalue weighted by atomic mass is 10.0. The first kappa shape index (κ1) is 61.9. The molecular formula is C57H113NO5. The van der Waals surface area contributed by atoms with Gasteiger partial charge in [-0.15, -0.1) is 0 Å². The minimum atomic E-state index is -0.659. The molecule has 0 saturated heterocycles. The highest BCUT2D eigenvalue weighted by atomic mass is 16.5. The van der Waals surface area contributed by atoms with Crippen LogP contribution in [0.25, 0.3) is 0 Å². The van der Waals surface area contributed by atoms with E-state index in [4.69, 9.17) is 4.74 Å². The molecule has 6 nitrogen and oxygen atoms in total. The van der Waals surface area contributed by atoms with E-state index < -0.39 is 12.1 Å². The van der Waals surface area contributed by atoms with Crippen molar-refractivity contribution >= 4 is 11.9 Å². The molecule has 6 heteroatoms. The van der Waals surface area contributed by atoms with Gasteiger partial charge in [0, 0.05) is 12.8 Å². The monoisotopic (exact) mass is 892 g/mol. The topological polar surface area (TPSA) is 95.9 Å². The lowest BCUT2D eigenvalue weighted by Crippen LogP contribution is -2.45. The Morgan fingerprint density at radius 3 is 0.968 bits per heavy atom. The molecule has 63 heavy (non-hydrogen) atoms. The Balaban J connectivity index is 3.32. The zero-order valence-corrected chi connectivity index (χ0v) is 42.8. The molecule has 2 atom stereocenters. The lowest BCUT2D eigenvalue weighted by Gasteiger charge is -2.22. The van der Waals surface area contributed by atoms with Gasteiger partial charge in [0.1, 0.15) is 0 Å². The van der Waals surface area contributed by atoms with Gasteiger partial charge in [-0.1, -0.05) is 290 Å². The van der Waals surface area contributed by atoms with E-state index in [0.717, 1.165) is 38.5 Å². The third-order valence-electron chi connectivity index (χ3n) is 13.7. The molecule has 0 aromatic heterocycles. The molecule has 0 aliphatic rings. The van der Waals surface area contributed by atoms with Gasteiger partial charge in [0.15, 0.2) is 0 Å². The minimum Gasteiger partial charge on any atom is -0.466 e. The summed E-state index contributed by atoms with van der Waals surface area (Å²) in [5.74, 6) is -0.0167. The molecule has 0 heterocycles. The molecule has 0 aromatic rings. The average Bonchev–Trinajstić information content (AvgIpc) is 3.28. The van der Waals surface area contributed by atoms with E-state index in [9.17, 15) is 19.8 Å². The van der Waals surface area contributed by atoms with Crippen LogP contribution in [0.15, 0.2) is 0 Å². The number of esters is 1. The quantitative estimate of drug-likeness (QED) is 0.0418. The second kappa shape index (κ2) is 53.5. The van der Waals surface area contributed by atoms with Gasteiger partial charge < -0.3 is 20.3 Å². The zero-order chi connectivity index (χ0) is 45.8. The molecule has 376 valence electrons. The van der Waals surface area contributed by atoms with Gasteiger partial charge in [0.25, 0.3) is 0 Å². The number of aliphatic hydroxyl groups is 2. The second-order valence-corrected chi connectivity index (χ2v) is 20.0. The number of carbonyl (C=O) groups excluding carboxylic acids is 2. The molecule has 0 radical (unpaired) electrons. The molecule has 0 rings (SSSR count). The maximum atomic E-state index is 12.4. The number of nitrogens with one attached hydrogen (secondary N) is 1. The number of aliphatic hydroxyl groups excluding tert-OH is 2. The van der Waals surface area contributed by atoms with Crippen LogP contribution in [0, 0.1) is 0 Å². The minimum absolute atomic E-state index is 0.0166. The number of ether oxygens (including phenoxy) is 1. The third kappa shape index (κ3) is 50.1. The van der Waals surface area contributed by atoms with Gasteiger partial charge in [-0.05, 0) is 25.7 Å². The van der Waals surface area contributed by atoms with Crippen LogP contribution in [0.3, 0.4) is 0 Å². The summed E-state index contributed by atoms with van der Waals surface area (Å²) in [6, 6.07) is -0.536. The fraction of sp³-hybridized carbons (Fsp3) is 0.965. The normalized spacial score (nSPS) is 12.5. The first-order chi connectivity index (χ1) is 31.0. The van der Waals surface area contributed by atoms with Crippen molar-refractivity contribution in [2.75, 3.05) is 13.2 Å². The number of amides is 1. The van der Waals surface area contributed by atoms with E-state index in [0.29, 0.717) is 25.9 Å². The zero-order valence-electron chi connectivity index (χ0n) is 42.8. The standard InChI is InChI=1S/C57H113NO5/c1-3-5-7-9-11-13-30-35-39-43-47-51-57(62)63-52-48-44-40-36-32-29-27-25-23-21-19-17-15-16-18-20-22-24-26-28-31-34-38-42-46-50-56(61)58-54(53-59)55(60)49-45-41-37-33-14-12-10-8-6-4-2/h54-55,59-60H,3-53H2,1-2H3,(H,58,61). The molecule has 0 bridgehead atoms. The summed E-state index contributed by atoms with van der Waals surface area (Å²) in [7, 11) is 0. The van der Waals surface area contributed by atoms with E-state index in [2.05, 4.69) is 19.2 Å². The van der Waals surface area contributed by atoms with Crippen LogP contribution >= 0.6 is 0 Å². The van der Waals surface area contributed by atoms with Gasteiger partial charge in [-0.2, -0.15) is 0 Å². The summed E-state index contributed by atoms with van der Waals surface area (Å²) in [5.41, 5.74) is 0. The summed E-state index contributed by atoms with van der Waals surface area (Å²) in [4.78, 5) is 24.4. The van der Waals surface area contributed by atoms with E-state index in [1.54, 1.807) is 0 Å². The van der Waals surface area contributed by atoms with Crippen LogP contribution in [0.1, 0.15) is 328 Å². The van der Waals surface area contributed by atoms with Crippen molar-refractivity contribution in [2.45, 2.75) is 341 Å². The summed E-state index contributed by atoms with van der Waals surface area (Å²) in [5, 5.41) is 23.1. The van der Waals surface area contributed by atoms with Crippen molar-refractivity contribution in [3.8, 4) is 0 Å². The fourth-order valence-electron chi connectivity index (χ4n) is 9.23. The van der Waals surface area contributed by atoms with Crippen molar-refractivity contribution < 1.29 is 24.5 Å². The molecule has 0 aliphatic heterocycles. The molecule has 0 saturated carbocycles. The van der Waals surface area contributed by atoms with Crippen LogP contribution < -0.4 is 5.32 Å². The first-order valence-corrected chi connectivity index (χ1v) is 28.8. The molecular weight excluding hydrogens is 779 g/mol. The largest absolute Gasteiger partial charge is 0.466 e. The third-order valence-corrected chi connectivity index (χ3v) is 13.7. The van der Waals surface area contributed by atoms with Crippen molar-refractivity contribution in [3.63, 3.8) is 0 Å². The Kier molecular flexibility index (Phi) is 52.5.